The first-order valence-electron chi connectivity index (χ1n) is 12.3. The minimum Gasteiger partial charge on any atom is -0.384 e. The quantitative estimate of drug-likeness (QED) is 0.311. The molecule has 186 valence electrons. The predicted octanol–water partition coefficient (Wildman–Crippen LogP) is 5.12. The molecule has 0 aliphatic heterocycles. The van der Waals surface area contributed by atoms with Crippen LogP contribution in [0.1, 0.15) is 35.4 Å². The second-order valence-corrected chi connectivity index (χ2v) is 9.00. The Bertz CT molecular complexity index is 1490. The predicted molar refractivity (Wildman–Crippen MR) is 145 cm³/mol. The average molecular weight is 492 g/mol. The highest BCUT2D eigenvalue weighted by Crippen LogP contribution is 2.22. The lowest BCUT2D eigenvalue weighted by molar-refractivity contribution is -0.119. The number of rotatable bonds is 10. The number of carbonyl (C=O) groups excluding carboxylic acids is 1. The Kier molecular flexibility index (Phi) is 8.22. The van der Waals surface area contributed by atoms with Gasteiger partial charge >= 0.3 is 0 Å². The standard InChI is InChI=1S/C30H29N5O2/c1-21-23(14-18-29(31)34-21)13-17-26(36)20-35-28(24-11-15-25(32-2)16-12-24)19-33-27(30(35)37)10-6-9-22-7-4-3-5-8-22/h3-5,7-8,11-12,14-16,18-19H,6,9-10,13,17,20H2,1H3,(H2,31,34). The highest BCUT2D eigenvalue weighted by Gasteiger charge is 2.16. The van der Waals surface area contributed by atoms with Gasteiger partial charge in [-0.25, -0.2) is 9.83 Å². The summed E-state index contributed by atoms with van der Waals surface area (Å²) in [6, 6.07) is 20.7. The molecule has 0 saturated heterocycles. The van der Waals surface area contributed by atoms with Crippen LogP contribution in [0.5, 0.6) is 0 Å². The molecule has 0 amide bonds. The number of benzene rings is 2. The fraction of sp³-hybridized carbons (Fsp3) is 0.233. The lowest BCUT2D eigenvalue weighted by Gasteiger charge is -2.14. The zero-order valence-corrected chi connectivity index (χ0v) is 20.9. The lowest BCUT2D eigenvalue weighted by atomic mass is 10.1. The minimum atomic E-state index is -0.251. The Morgan fingerprint density at radius 3 is 2.46 bits per heavy atom. The maximum Gasteiger partial charge on any atom is 0.273 e. The summed E-state index contributed by atoms with van der Waals surface area (Å²) in [6.45, 7) is 9.01. The molecule has 2 aromatic carbocycles. The van der Waals surface area contributed by atoms with Crippen LogP contribution in [0, 0.1) is 13.5 Å². The van der Waals surface area contributed by atoms with Crippen molar-refractivity contribution < 1.29 is 4.79 Å². The van der Waals surface area contributed by atoms with E-state index in [1.165, 1.54) is 10.1 Å². The van der Waals surface area contributed by atoms with Crippen LogP contribution in [0.2, 0.25) is 0 Å². The maximum atomic E-state index is 13.5. The van der Waals surface area contributed by atoms with Crippen LogP contribution in [0.25, 0.3) is 16.1 Å². The van der Waals surface area contributed by atoms with E-state index in [1.807, 2.05) is 31.2 Å². The molecule has 37 heavy (non-hydrogen) atoms. The summed E-state index contributed by atoms with van der Waals surface area (Å²) < 4.78 is 1.52. The average Bonchev–Trinajstić information content (AvgIpc) is 2.91. The molecule has 0 fully saturated rings. The number of aromatic nitrogens is 3. The summed E-state index contributed by atoms with van der Waals surface area (Å²) in [5.41, 5.74) is 10.7. The van der Waals surface area contributed by atoms with Crippen LogP contribution in [0.3, 0.4) is 0 Å². The van der Waals surface area contributed by atoms with Gasteiger partial charge in [0, 0.05) is 12.1 Å². The zero-order chi connectivity index (χ0) is 26.2. The molecule has 0 aliphatic rings. The smallest absolute Gasteiger partial charge is 0.273 e. The van der Waals surface area contributed by atoms with Gasteiger partial charge in [-0.05, 0) is 55.4 Å². The molecule has 7 heteroatoms. The third-order valence-corrected chi connectivity index (χ3v) is 6.36. The number of nitrogens with two attached hydrogens (primary N) is 1. The molecule has 0 unspecified atom stereocenters. The van der Waals surface area contributed by atoms with Gasteiger partial charge in [0.2, 0.25) is 0 Å². The van der Waals surface area contributed by atoms with E-state index in [0.29, 0.717) is 35.7 Å². The van der Waals surface area contributed by atoms with Crippen LogP contribution >= 0.6 is 0 Å². The number of nitrogens with zero attached hydrogens (tertiary/aromatic N) is 4. The van der Waals surface area contributed by atoms with Crippen LogP contribution < -0.4 is 11.3 Å². The van der Waals surface area contributed by atoms with Crippen molar-refractivity contribution in [1.82, 2.24) is 14.5 Å². The molecule has 0 saturated carbocycles. The first-order valence-corrected chi connectivity index (χ1v) is 12.3. The summed E-state index contributed by atoms with van der Waals surface area (Å²) in [7, 11) is 0. The largest absolute Gasteiger partial charge is 0.384 e. The summed E-state index contributed by atoms with van der Waals surface area (Å²) >= 11 is 0. The molecule has 4 rings (SSSR count). The number of pyridine rings is 1. The fourth-order valence-electron chi connectivity index (χ4n) is 4.30. The maximum absolute atomic E-state index is 13.5. The Morgan fingerprint density at radius 2 is 1.76 bits per heavy atom. The van der Waals surface area contributed by atoms with Gasteiger partial charge in [0.15, 0.2) is 11.5 Å². The van der Waals surface area contributed by atoms with Gasteiger partial charge in [0.05, 0.1) is 25.0 Å². The molecule has 0 bridgehead atoms. The molecule has 2 aromatic heterocycles. The van der Waals surface area contributed by atoms with Gasteiger partial charge in [0.1, 0.15) is 11.5 Å². The second-order valence-electron chi connectivity index (χ2n) is 9.00. The molecule has 0 spiro atoms. The molecule has 2 N–H and O–H groups in total. The van der Waals surface area contributed by atoms with E-state index in [9.17, 15) is 9.59 Å². The second kappa shape index (κ2) is 11.9. The Balaban J connectivity index is 1.56. The first-order chi connectivity index (χ1) is 17.9. The lowest BCUT2D eigenvalue weighted by Crippen LogP contribution is -2.29. The number of carbonyl (C=O) groups is 1. The molecule has 0 aliphatic carbocycles. The SMILES string of the molecule is [C-]#[N+]c1ccc(-c2cnc(CCCc3ccccc3)c(=O)n2CC(=O)CCc2ccc(N)nc2C)cc1. The third kappa shape index (κ3) is 6.56. The normalized spacial score (nSPS) is 10.7. The molecule has 7 nitrogen and oxygen atoms in total. The van der Waals surface area contributed by atoms with Gasteiger partial charge in [-0.3, -0.25) is 19.1 Å². The number of Topliss-reactive ketones (excluding diaryl/α,β-unsaturated/α-hetero) is 1. The Morgan fingerprint density at radius 1 is 1.00 bits per heavy atom. The van der Waals surface area contributed by atoms with Crippen LogP contribution in [0.15, 0.2) is 77.7 Å². The molecule has 0 radical (unpaired) electrons. The van der Waals surface area contributed by atoms with Crippen molar-refractivity contribution in [3.8, 4) is 11.3 Å². The third-order valence-electron chi connectivity index (χ3n) is 6.36. The summed E-state index contributed by atoms with van der Waals surface area (Å²) in [6.07, 6.45) is 4.61. The molecule has 0 atom stereocenters. The van der Waals surface area contributed by atoms with E-state index in [2.05, 4.69) is 26.9 Å². The van der Waals surface area contributed by atoms with Crippen LogP contribution in [-0.4, -0.2) is 20.3 Å². The van der Waals surface area contributed by atoms with Crippen molar-refractivity contribution >= 4 is 17.3 Å². The highest BCUT2D eigenvalue weighted by atomic mass is 16.1. The van der Waals surface area contributed by atoms with E-state index in [4.69, 9.17) is 12.3 Å². The van der Waals surface area contributed by atoms with Crippen LogP contribution in [-0.2, 0) is 30.6 Å². The fourth-order valence-corrected chi connectivity index (χ4v) is 4.30. The van der Waals surface area contributed by atoms with Gasteiger partial charge in [0.25, 0.3) is 5.56 Å². The van der Waals surface area contributed by atoms with Crippen molar-refractivity contribution in [1.29, 1.82) is 0 Å². The van der Waals surface area contributed by atoms with Crippen LogP contribution in [0.4, 0.5) is 11.5 Å². The minimum absolute atomic E-state index is 0.0472. The van der Waals surface area contributed by atoms with Crippen molar-refractivity contribution in [2.24, 2.45) is 0 Å². The zero-order valence-electron chi connectivity index (χ0n) is 20.9. The number of anilines is 1. The summed E-state index contributed by atoms with van der Waals surface area (Å²) in [5.74, 6) is 0.392. The molecular weight excluding hydrogens is 462 g/mol. The number of aryl methyl sites for hydroxylation is 4. The van der Waals surface area contributed by atoms with E-state index in [-0.39, 0.29) is 24.3 Å². The topological polar surface area (TPSA) is 95.2 Å². The van der Waals surface area contributed by atoms with Gasteiger partial charge in [-0.2, -0.15) is 0 Å². The number of ketones is 1. The van der Waals surface area contributed by atoms with E-state index in [1.54, 1.807) is 36.5 Å². The van der Waals surface area contributed by atoms with Crippen molar-refractivity contribution in [2.75, 3.05) is 5.73 Å². The van der Waals surface area contributed by atoms with E-state index < -0.39 is 0 Å². The van der Waals surface area contributed by atoms with Crippen molar-refractivity contribution in [3.05, 3.63) is 117 Å². The molecule has 2 heterocycles. The van der Waals surface area contributed by atoms with Gasteiger partial charge in [-0.1, -0.05) is 60.7 Å². The molecular formula is C30H29N5O2. The van der Waals surface area contributed by atoms with Crippen molar-refractivity contribution in [2.45, 2.75) is 45.6 Å². The Hall–Kier alpha value is -4.57. The monoisotopic (exact) mass is 491 g/mol. The van der Waals surface area contributed by atoms with E-state index >= 15 is 0 Å². The van der Waals surface area contributed by atoms with Crippen molar-refractivity contribution in [3.63, 3.8) is 0 Å². The van der Waals surface area contributed by atoms with Gasteiger partial charge < -0.3 is 5.73 Å². The summed E-state index contributed by atoms with van der Waals surface area (Å²) in [5, 5.41) is 0. The number of hydrogen-bond donors (Lipinski definition) is 1. The van der Waals surface area contributed by atoms with Gasteiger partial charge in [-0.15, -0.1) is 0 Å². The molecule has 4 aromatic rings. The number of nitrogen functional groups attached to an aromatic ring is 1. The number of hydrogen-bond acceptors (Lipinski definition) is 5. The first kappa shape index (κ1) is 25.5. The highest BCUT2D eigenvalue weighted by molar-refractivity contribution is 5.79. The van der Waals surface area contributed by atoms with E-state index in [0.717, 1.165) is 29.7 Å². The summed E-state index contributed by atoms with van der Waals surface area (Å²) in [4.78, 5) is 38.7. The Labute approximate surface area is 216 Å².